The van der Waals surface area contributed by atoms with E-state index in [-0.39, 0.29) is 5.56 Å². The van der Waals surface area contributed by atoms with Crippen LogP contribution in [0.5, 0.6) is 0 Å². The second kappa shape index (κ2) is 5.27. The van der Waals surface area contributed by atoms with Crippen LogP contribution in [0, 0.1) is 0 Å². The van der Waals surface area contributed by atoms with Crippen molar-refractivity contribution >= 4 is 5.97 Å². The minimum atomic E-state index is -2.61. The molecule has 17 heavy (non-hydrogen) atoms. The van der Waals surface area contributed by atoms with E-state index >= 15 is 0 Å². The van der Waals surface area contributed by atoms with Crippen molar-refractivity contribution in [1.29, 1.82) is 0 Å². The SMILES string of the molecule is COC(=O)C(O)(O)c1ccccc1CN(C)C. The van der Waals surface area contributed by atoms with E-state index in [0.717, 1.165) is 7.11 Å². The Hall–Kier alpha value is -1.43. The number of carbonyl (C=O) groups is 1. The first-order chi connectivity index (χ1) is 7.89. The molecule has 0 aliphatic heterocycles. The van der Waals surface area contributed by atoms with Crippen LogP contribution in [0.2, 0.25) is 0 Å². The highest BCUT2D eigenvalue weighted by atomic mass is 16.6. The standard InChI is InChI=1S/C12H17NO4/c1-13(2)8-9-6-4-5-7-10(9)12(15,16)11(14)17-3/h4-7,15-16H,8H2,1-3H3. The maximum atomic E-state index is 11.3. The molecule has 0 amide bonds. The summed E-state index contributed by atoms with van der Waals surface area (Å²) in [5, 5.41) is 19.6. The van der Waals surface area contributed by atoms with Gasteiger partial charge in [0.1, 0.15) is 0 Å². The Bertz CT molecular complexity index is 401. The smallest absolute Gasteiger partial charge is 0.371 e. The molecule has 0 heterocycles. The molecule has 0 aromatic heterocycles. The molecule has 0 radical (unpaired) electrons. The molecular weight excluding hydrogens is 222 g/mol. The summed E-state index contributed by atoms with van der Waals surface area (Å²) in [6.07, 6.45) is 0. The molecule has 94 valence electrons. The lowest BCUT2D eigenvalue weighted by Gasteiger charge is -2.23. The maximum Gasteiger partial charge on any atom is 0.371 e. The molecule has 5 nitrogen and oxygen atoms in total. The van der Waals surface area contributed by atoms with Crippen LogP contribution < -0.4 is 0 Å². The summed E-state index contributed by atoms with van der Waals surface area (Å²) in [5.41, 5.74) is 0.799. The highest BCUT2D eigenvalue weighted by Gasteiger charge is 2.38. The van der Waals surface area contributed by atoms with Crippen LogP contribution in [0.4, 0.5) is 0 Å². The monoisotopic (exact) mass is 239 g/mol. The average Bonchev–Trinajstić information content (AvgIpc) is 2.27. The van der Waals surface area contributed by atoms with Gasteiger partial charge in [0.15, 0.2) is 0 Å². The van der Waals surface area contributed by atoms with Crippen molar-refractivity contribution in [3.63, 3.8) is 0 Å². The third-order valence-electron chi connectivity index (χ3n) is 2.35. The molecule has 0 saturated carbocycles. The summed E-state index contributed by atoms with van der Waals surface area (Å²) in [6, 6.07) is 6.64. The first-order valence-corrected chi connectivity index (χ1v) is 5.16. The van der Waals surface area contributed by atoms with Crippen molar-refractivity contribution in [2.45, 2.75) is 12.3 Å². The molecule has 1 aromatic carbocycles. The van der Waals surface area contributed by atoms with Crippen LogP contribution in [-0.4, -0.2) is 42.3 Å². The first kappa shape index (κ1) is 13.6. The highest BCUT2D eigenvalue weighted by molar-refractivity contribution is 5.79. The lowest BCUT2D eigenvalue weighted by Crippen LogP contribution is -2.37. The van der Waals surface area contributed by atoms with E-state index in [4.69, 9.17) is 0 Å². The molecule has 5 heteroatoms. The van der Waals surface area contributed by atoms with Gasteiger partial charge in [-0.3, -0.25) is 0 Å². The van der Waals surface area contributed by atoms with Gasteiger partial charge in [0.05, 0.1) is 7.11 Å². The Balaban J connectivity index is 3.16. The number of hydrogen-bond donors (Lipinski definition) is 2. The number of aliphatic hydroxyl groups is 2. The summed E-state index contributed by atoms with van der Waals surface area (Å²) in [6.45, 7) is 0.496. The van der Waals surface area contributed by atoms with Crippen LogP contribution in [0.3, 0.4) is 0 Å². The number of ether oxygens (including phenoxy) is 1. The van der Waals surface area contributed by atoms with Crippen LogP contribution in [0.15, 0.2) is 24.3 Å². The molecule has 2 N–H and O–H groups in total. The molecule has 0 aliphatic rings. The molecule has 0 unspecified atom stereocenters. The van der Waals surface area contributed by atoms with Gasteiger partial charge in [-0.05, 0) is 19.7 Å². The Labute approximate surface area is 100 Å². The van der Waals surface area contributed by atoms with Gasteiger partial charge < -0.3 is 19.8 Å². The summed E-state index contributed by atoms with van der Waals surface area (Å²) >= 11 is 0. The lowest BCUT2D eigenvalue weighted by atomic mass is 9.99. The van der Waals surface area contributed by atoms with E-state index < -0.39 is 11.8 Å². The molecule has 0 spiro atoms. The maximum absolute atomic E-state index is 11.3. The van der Waals surface area contributed by atoms with E-state index in [1.807, 2.05) is 19.0 Å². The van der Waals surface area contributed by atoms with Crippen molar-refractivity contribution < 1.29 is 19.7 Å². The van der Waals surface area contributed by atoms with Gasteiger partial charge in [0.25, 0.3) is 5.79 Å². The fraction of sp³-hybridized carbons (Fsp3) is 0.417. The van der Waals surface area contributed by atoms with Gasteiger partial charge >= 0.3 is 5.97 Å². The number of carbonyl (C=O) groups excluding carboxylic acids is 1. The Morgan fingerprint density at radius 3 is 2.47 bits per heavy atom. The zero-order chi connectivity index (χ0) is 13.1. The second-order valence-corrected chi connectivity index (χ2v) is 4.06. The van der Waals surface area contributed by atoms with E-state index in [1.165, 1.54) is 6.07 Å². The van der Waals surface area contributed by atoms with Crippen molar-refractivity contribution in [3.05, 3.63) is 35.4 Å². The fourth-order valence-corrected chi connectivity index (χ4v) is 1.59. The molecule has 1 rings (SSSR count). The zero-order valence-electron chi connectivity index (χ0n) is 10.2. The number of esters is 1. The second-order valence-electron chi connectivity index (χ2n) is 4.06. The molecule has 0 saturated heterocycles. The summed E-state index contributed by atoms with van der Waals surface area (Å²) in [5.74, 6) is -3.70. The minimum Gasteiger partial charge on any atom is -0.465 e. The minimum absolute atomic E-state index is 0.139. The normalized spacial score (nSPS) is 11.6. The molecule has 0 fully saturated rings. The van der Waals surface area contributed by atoms with E-state index in [2.05, 4.69) is 4.74 Å². The lowest BCUT2D eigenvalue weighted by molar-refractivity contribution is -0.211. The number of hydrogen-bond acceptors (Lipinski definition) is 5. The Morgan fingerprint density at radius 1 is 1.35 bits per heavy atom. The predicted octanol–water partition coefficient (Wildman–Crippen LogP) is 0.0586. The van der Waals surface area contributed by atoms with Crippen molar-refractivity contribution in [1.82, 2.24) is 4.90 Å². The number of benzene rings is 1. The number of methoxy groups -OCH3 is 1. The summed E-state index contributed by atoms with van der Waals surface area (Å²) < 4.78 is 4.38. The molecule has 0 atom stereocenters. The third kappa shape index (κ3) is 3.03. The van der Waals surface area contributed by atoms with Gasteiger partial charge in [-0.15, -0.1) is 0 Å². The van der Waals surface area contributed by atoms with E-state index in [0.29, 0.717) is 12.1 Å². The van der Waals surface area contributed by atoms with E-state index in [1.54, 1.807) is 18.2 Å². The zero-order valence-corrected chi connectivity index (χ0v) is 10.2. The number of nitrogens with zero attached hydrogens (tertiary/aromatic N) is 1. The first-order valence-electron chi connectivity index (χ1n) is 5.16. The molecule has 0 bridgehead atoms. The van der Waals surface area contributed by atoms with Gasteiger partial charge in [0, 0.05) is 12.1 Å². The predicted molar refractivity (Wildman–Crippen MR) is 62.0 cm³/mol. The number of rotatable bonds is 4. The quantitative estimate of drug-likeness (QED) is 0.574. The van der Waals surface area contributed by atoms with Gasteiger partial charge in [-0.1, -0.05) is 24.3 Å². The Morgan fingerprint density at radius 2 is 1.94 bits per heavy atom. The van der Waals surface area contributed by atoms with Crippen molar-refractivity contribution in [2.75, 3.05) is 21.2 Å². The average molecular weight is 239 g/mol. The summed E-state index contributed by atoms with van der Waals surface area (Å²) in [4.78, 5) is 13.2. The van der Waals surface area contributed by atoms with Crippen molar-refractivity contribution in [3.8, 4) is 0 Å². The van der Waals surface area contributed by atoms with Gasteiger partial charge in [-0.25, -0.2) is 4.79 Å². The van der Waals surface area contributed by atoms with Crippen molar-refractivity contribution in [2.24, 2.45) is 0 Å². The molecular formula is C12H17NO4. The van der Waals surface area contributed by atoms with Crippen LogP contribution in [0.1, 0.15) is 11.1 Å². The van der Waals surface area contributed by atoms with Gasteiger partial charge in [-0.2, -0.15) is 0 Å². The van der Waals surface area contributed by atoms with Crippen LogP contribution >= 0.6 is 0 Å². The largest absolute Gasteiger partial charge is 0.465 e. The fourth-order valence-electron chi connectivity index (χ4n) is 1.59. The Kier molecular flexibility index (Phi) is 4.22. The molecule has 1 aromatic rings. The van der Waals surface area contributed by atoms with Crippen LogP contribution in [-0.2, 0) is 21.9 Å². The third-order valence-corrected chi connectivity index (χ3v) is 2.35. The topological polar surface area (TPSA) is 70.0 Å². The van der Waals surface area contributed by atoms with E-state index in [9.17, 15) is 15.0 Å². The molecule has 0 aliphatic carbocycles. The highest BCUT2D eigenvalue weighted by Crippen LogP contribution is 2.24. The van der Waals surface area contributed by atoms with Crippen LogP contribution in [0.25, 0.3) is 0 Å². The van der Waals surface area contributed by atoms with Gasteiger partial charge in [0.2, 0.25) is 0 Å². The summed E-state index contributed by atoms with van der Waals surface area (Å²) in [7, 11) is 4.81.